The van der Waals surface area contributed by atoms with Crippen molar-refractivity contribution < 1.29 is 8.42 Å². The van der Waals surface area contributed by atoms with Crippen LogP contribution >= 0.6 is 0 Å². The molecule has 0 saturated heterocycles. The van der Waals surface area contributed by atoms with Gasteiger partial charge >= 0.3 is 0 Å². The zero-order valence-corrected chi connectivity index (χ0v) is 14.8. The lowest BCUT2D eigenvalue weighted by atomic mass is 10.1. The minimum Gasteiger partial charge on any atom is -0.361 e. The van der Waals surface area contributed by atoms with Crippen LogP contribution in [0.4, 0.5) is 0 Å². The second-order valence-corrected chi connectivity index (χ2v) is 8.40. The summed E-state index contributed by atoms with van der Waals surface area (Å²) in [7, 11) is -3.22. The van der Waals surface area contributed by atoms with Crippen LogP contribution in [0.1, 0.15) is 17.3 Å². The third-order valence-electron chi connectivity index (χ3n) is 4.61. The first-order chi connectivity index (χ1) is 12.0. The van der Waals surface area contributed by atoms with Crippen LogP contribution in [0.25, 0.3) is 10.9 Å². The molecular weight excluding hydrogens is 338 g/mol. The Balaban J connectivity index is 1.56. The third-order valence-corrected chi connectivity index (χ3v) is 5.30. The number of sulfonamides is 1. The average Bonchev–Trinajstić information content (AvgIpc) is 3.21. The van der Waals surface area contributed by atoms with Crippen molar-refractivity contribution in [3.05, 3.63) is 54.0 Å². The fourth-order valence-electron chi connectivity index (χ4n) is 3.51. The molecule has 0 bridgehead atoms. The van der Waals surface area contributed by atoms with Gasteiger partial charge in [-0.05, 0) is 23.8 Å². The number of aromatic amines is 1. The number of nitrogens with one attached hydrogen (secondary N) is 2. The summed E-state index contributed by atoms with van der Waals surface area (Å²) in [5.41, 5.74) is 3.50. The van der Waals surface area contributed by atoms with Crippen molar-refractivity contribution in [1.29, 1.82) is 0 Å². The van der Waals surface area contributed by atoms with E-state index in [0.717, 1.165) is 30.8 Å². The molecule has 0 radical (unpaired) electrons. The van der Waals surface area contributed by atoms with Crippen molar-refractivity contribution in [3.63, 3.8) is 0 Å². The van der Waals surface area contributed by atoms with E-state index < -0.39 is 10.0 Å². The summed E-state index contributed by atoms with van der Waals surface area (Å²) in [5, 5.41) is 5.60. The Bertz CT molecular complexity index is 991. The van der Waals surface area contributed by atoms with Crippen LogP contribution in [0.2, 0.25) is 0 Å². The van der Waals surface area contributed by atoms with Crippen molar-refractivity contribution in [1.82, 2.24) is 24.4 Å². The molecular formula is C17H21N5O2S. The molecule has 4 rings (SSSR count). The van der Waals surface area contributed by atoms with E-state index in [1.54, 1.807) is 6.20 Å². The maximum Gasteiger partial charge on any atom is 0.208 e. The summed E-state index contributed by atoms with van der Waals surface area (Å²) in [6.45, 7) is 2.71. The fraction of sp³-hybridized carbons (Fsp3) is 0.353. The minimum absolute atomic E-state index is 0.0149. The third kappa shape index (κ3) is 3.46. The number of hydrogen-bond donors (Lipinski definition) is 2. The number of benzene rings is 1. The van der Waals surface area contributed by atoms with Crippen molar-refractivity contribution in [2.45, 2.75) is 19.1 Å². The molecule has 0 fully saturated rings. The molecule has 3 heterocycles. The van der Waals surface area contributed by atoms with E-state index in [2.05, 4.69) is 44.0 Å². The number of hydrogen-bond acceptors (Lipinski definition) is 4. The smallest absolute Gasteiger partial charge is 0.208 e. The SMILES string of the molecule is CS(=O)(=O)NC[C@H]1CN(Cc2cccc3[nH]ccc23)Cc2ccnn21. The van der Waals surface area contributed by atoms with Gasteiger partial charge in [0.2, 0.25) is 10.0 Å². The molecule has 1 atom stereocenters. The number of nitrogens with zero attached hydrogens (tertiary/aromatic N) is 3. The maximum absolute atomic E-state index is 11.5. The van der Waals surface area contributed by atoms with Gasteiger partial charge in [0.25, 0.3) is 0 Å². The van der Waals surface area contributed by atoms with E-state index in [4.69, 9.17) is 0 Å². The van der Waals surface area contributed by atoms with E-state index in [0.29, 0.717) is 6.54 Å². The second kappa shape index (κ2) is 6.29. The highest BCUT2D eigenvalue weighted by atomic mass is 32.2. The van der Waals surface area contributed by atoms with Crippen LogP contribution in [0.3, 0.4) is 0 Å². The van der Waals surface area contributed by atoms with E-state index in [-0.39, 0.29) is 6.04 Å². The van der Waals surface area contributed by atoms with Gasteiger partial charge in [0.05, 0.1) is 18.0 Å². The molecule has 1 aliphatic rings. The molecule has 0 aliphatic carbocycles. The molecule has 1 aromatic carbocycles. The summed E-state index contributed by atoms with van der Waals surface area (Å²) in [6, 6.07) is 10.4. The normalized spacial score (nSPS) is 18.5. The summed E-state index contributed by atoms with van der Waals surface area (Å²) in [4.78, 5) is 5.59. The molecule has 7 nitrogen and oxygen atoms in total. The molecule has 1 aliphatic heterocycles. The first-order valence-electron chi connectivity index (χ1n) is 8.24. The van der Waals surface area contributed by atoms with Crippen molar-refractivity contribution in [2.24, 2.45) is 0 Å². The zero-order chi connectivity index (χ0) is 17.4. The van der Waals surface area contributed by atoms with E-state index >= 15 is 0 Å². The molecule has 3 aromatic rings. The van der Waals surface area contributed by atoms with Gasteiger partial charge in [0.15, 0.2) is 0 Å². The number of rotatable bonds is 5. The molecule has 2 N–H and O–H groups in total. The lowest BCUT2D eigenvalue weighted by Gasteiger charge is -2.34. The van der Waals surface area contributed by atoms with Crippen molar-refractivity contribution in [2.75, 3.05) is 19.3 Å². The van der Waals surface area contributed by atoms with E-state index in [9.17, 15) is 8.42 Å². The van der Waals surface area contributed by atoms with Crippen LogP contribution in [0.15, 0.2) is 42.7 Å². The molecule has 0 unspecified atom stereocenters. The minimum atomic E-state index is -3.22. The molecule has 0 spiro atoms. The topological polar surface area (TPSA) is 83.0 Å². The summed E-state index contributed by atoms with van der Waals surface area (Å²) in [5.74, 6) is 0. The molecule has 0 amide bonds. The molecule has 2 aromatic heterocycles. The Morgan fingerprint density at radius 3 is 3.04 bits per heavy atom. The molecule has 132 valence electrons. The highest BCUT2D eigenvalue weighted by molar-refractivity contribution is 7.88. The Kier molecular flexibility index (Phi) is 4.10. The molecule has 8 heteroatoms. The number of fused-ring (bicyclic) bond motifs is 2. The second-order valence-electron chi connectivity index (χ2n) is 6.57. The Morgan fingerprint density at radius 2 is 2.20 bits per heavy atom. The lowest BCUT2D eigenvalue weighted by Crippen LogP contribution is -2.42. The quantitative estimate of drug-likeness (QED) is 0.723. The summed E-state index contributed by atoms with van der Waals surface area (Å²) >= 11 is 0. The van der Waals surface area contributed by atoms with E-state index in [1.165, 1.54) is 17.2 Å². The fourth-order valence-corrected chi connectivity index (χ4v) is 4.01. The van der Waals surface area contributed by atoms with Gasteiger partial charge in [-0.25, -0.2) is 13.1 Å². The van der Waals surface area contributed by atoms with Gasteiger partial charge < -0.3 is 4.98 Å². The van der Waals surface area contributed by atoms with Crippen LogP contribution in [-0.4, -0.2) is 47.4 Å². The van der Waals surface area contributed by atoms with Gasteiger partial charge in [-0.15, -0.1) is 0 Å². The number of aromatic nitrogens is 3. The monoisotopic (exact) mass is 359 g/mol. The molecule has 0 saturated carbocycles. The first kappa shape index (κ1) is 16.3. The predicted molar refractivity (Wildman–Crippen MR) is 96.5 cm³/mol. The van der Waals surface area contributed by atoms with Gasteiger partial charge in [-0.1, -0.05) is 12.1 Å². The standard InChI is InChI=1S/C17H21N5O2S/c1-25(23,24)20-9-15-12-21(11-14-5-8-19-22(14)15)10-13-3-2-4-17-16(13)6-7-18-17/h2-8,15,18,20H,9-12H2,1H3/t15-/m0/s1. The van der Waals surface area contributed by atoms with Crippen molar-refractivity contribution in [3.8, 4) is 0 Å². The summed E-state index contributed by atoms with van der Waals surface area (Å²) in [6.07, 6.45) is 4.92. The highest BCUT2D eigenvalue weighted by Crippen LogP contribution is 2.24. The first-order valence-corrected chi connectivity index (χ1v) is 10.1. The van der Waals surface area contributed by atoms with Crippen LogP contribution in [0, 0.1) is 0 Å². The van der Waals surface area contributed by atoms with Gasteiger partial charge in [-0.2, -0.15) is 5.10 Å². The maximum atomic E-state index is 11.5. The Hall–Kier alpha value is -2.16. The van der Waals surface area contributed by atoms with Crippen molar-refractivity contribution >= 4 is 20.9 Å². The largest absolute Gasteiger partial charge is 0.361 e. The molecule has 25 heavy (non-hydrogen) atoms. The lowest BCUT2D eigenvalue weighted by molar-refractivity contribution is 0.168. The van der Waals surface area contributed by atoms with Gasteiger partial charge in [0, 0.05) is 49.5 Å². The Labute approximate surface area is 146 Å². The van der Waals surface area contributed by atoms with Gasteiger partial charge in [-0.3, -0.25) is 9.58 Å². The predicted octanol–water partition coefficient (Wildman–Crippen LogP) is 1.47. The highest BCUT2D eigenvalue weighted by Gasteiger charge is 2.26. The number of H-pyrrole nitrogens is 1. The average molecular weight is 359 g/mol. The van der Waals surface area contributed by atoms with Gasteiger partial charge in [0.1, 0.15) is 0 Å². The van der Waals surface area contributed by atoms with Crippen LogP contribution in [0.5, 0.6) is 0 Å². The van der Waals surface area contributed by atoms with Crippen LogP contribution in [-0.2, 0) is 23.1 Å². The van der Waals surface area contributed by atoms with E-state index in [1.807, 2.05) is 16.9 Å². The zero-order valence-electron chi connectivity index (χ0n) is 14.0. The van der Waals surface area contributed by atoms with Crippen LogP contribution < -0.4 is 4.72 Å². The summed E-state index contributed by atoms with van der Waals surface area (Å²) < 4.78 is 27.5. The Morgan fingerprint density at radius 1 is 1.32 bits per heavy atom.